The molecule has 21 heavy (non-hydrogen) atoms. The Kier molecular flexibility index (Phi) is 5.64. The first-order valence-electron chi connectivity index (χ1n) is 7.19. The van der Waals surface area contributed by atoms with E-state index in [0.29, 0.717) is 12.6 Å². The van der Waals surface area contributed by atoms with Gasteiger partial charge in [-0.2, -0.15) is 0 Å². The van der Waals surface area contributed by atoms with Crippen LogP contribution in [0.4, 0.5) is 5.69 Å². The number of anilines is 1. The van der Waals surface area contributed by atoms with E-state index in [-0.39, 0.29) is 0 Å². The maximum Gasteiger partial charge on any atom is 0.122 e. The molecule has 3 nitrogen and oxygen atoms in total. The molecule has 1 N–H and O–H groups in total. The molecule has 0 fully saturated rings. The summed E-state index contributed by atoms with van der Waals surface area (Å²) in [7, 11) is 3.43. The first-order valence-corrected chi connectivity index (χ1v) is 7.19. The molecule has 0 bridgehead atoms. The molecule has 0 aliphatic rings. The summed E-state index contributed by atoms with van der Waals surface area (Å²) >= 11 is 0. The first-order chi connectivity index (χ1) is 10.2. The zero-order valence-electron chi connectivity index (χ0n) is 12.9. The standard InChI is InChI=1S/C18H23NO2/c1-14(11-16-8-4-5-10-18(16)21-3)19-17-9-6-7-15(12-17)13-20-2/h4-10,12,14,19H,11,13H2,1-3H3. The molecule has 2 rings (SSSR count). The van der Waals surface area contributed by atoms with Crippen molar-refractivity contribution < 1.29 is 9.47 Å². The first kappa shape index (κ1) is 15.4. The van der Waals surface area contributed by atoms with Gasteiger partial charge in [0, 0.05) is 18.8 Å². The fourth-order valence-electron chi connectivity index (χ4n) is 2.45. The lowest BCUT2D eigenvalue weighted by Crippen LogP contribution is -2.18. The molecule has 0 amide bonds. The Morgan fingerprint density at radius 3 is 2.62 bits per heavy atom. The molecule has 2 aromatic rings. The zero-order chi connectivity index (χ0) is 15.1. The summed E-state index contributed by atoms with van der Waals surface area (Å²) in [5.74, 6) is 0.944. The normalized spacial score (nSPS) is 12.0. The van der Waals surface area contributed by atoms with E-state index in [0.717, 1.165) is 17.9 Å². The Labute approximate surface area is 126 Å². The van der Waals surface area contributed by atoms with Crippen LogP contribution in [0.1, 0.15) is 18.1 Å². The molecule has 0 radical (unpaired) electrons. The topological polar surface area (TPSA) is 30.5 Å². The van der Waals surface area contributed by atoms with Gasteiger partial charge >= 0.3 is 0 Å². The average molecular weight is 285 g/mol. The summed E-state index contributed by atoms with van der Waals surface area (Å²) in [4.78, 5) is 0. The number of ether oxygens (including phenoxy) is 2. The SMILES string of the molecule is COCc1cccc(NC(C)Cc2ccccc2OC)c1. The molecule has 3 heteroatoms. The minimum absolute atomic E-state index is 0.319. The lowest BCUT2D eigenvalue weighted by atomic mass is 10.1. The molecule has 0 saturated heterocycles. The van der Waals surface area contributed by atoms with Gasteiger partial charge in [-0.25, -0.2) is 0 Å². The predicted molar refractivity (Wildman–Crippen MR) is 86.9 cm³/mol. The second-order valence-electron chi connectivity index (χ2n) is 5.19. The number of nitrogens with one attached hydrogen (secondary N) is 1. The summed E-state index contributed by atoms with van der Waals surface area (Å²) < 4.78 is 10.6. The van der Waals surface area contributed by atoms with Crippen LogP contribution in [0.25, 0.3) is 0 Å². The third-order valence-electron chi connectivity index (χ3n) is 3.37. The maximum absolute atomic E-state index is 5.40. The second kappa shape index (κ2) is 7.70. The minimum atomic E-state index is 0.319. The number of hydrogen-bond acceptors (Lipinski definition) is 3. The van der Waals surface area contributed by atoms with Crippen LogP contribution in [0.2, 0.25) is 0 Å². The van der Waals surface area contributed by atoms with Crippen LogP contribution in [0.3, 0.4) is 0 Å². The van der Waals surface area contributed by atoms with Gasteiger partial charge in [0.2, 0.25) is 0 Å². The van der Waals surface area contributed by atoms with Crippen LogP contribution < -0.4 is 10.1 Å². The van der Waals surface area contributed by atoms with Crippen molar-refractivity contribution in [3.63, 3.8) is 0 Å². The quantitative estimate of drug-likeness (QED) is 0.837. The van der Waals surface area contributed by atoms with Gasteiger partial charge in [-0.05, 0) is 42.7 Å². The zero-order valence-corrected chi connectivity index (χ0v) is 12.9. The van der Waals surface area contributed by atoms with Crippen LogP contribution in [-0.2, 0) is 17.8 Å². The van der Waals surface area contributed by atoms with Crippen LogP contribution in [0.15, 0.2) is 48.5 Å². The van der Waals surface area contributed by atoms with Crippen molar-refractivity contribution in [1.82, 2.24) is 0 Å². The highest BCUT2D eigenvalue weighted by Crippen LogP contribution is 2.20. The van der Waals surface area contributed by atoms with Crippen LogP contribution in [0, 0.1) is 0 Å². The number of benzene rings is 2. The molecule has 0 aromatic heterocycles. The van der Waals surface area contributed by atoms with Crippen LogP contribution in [-0.4, -0.2) is 20.3 Å². The van der Waals surface area contributed by atoms with Crippen LogP contribution >= 0.6 is 0 Å². The summed E-state index contributed by atoms with van der Waals surface area (Å²) in [6.07, 6.45) is 0.915. The molecule has 0 saturated carbocycles. The van der Waals surface area contributed by atoms with Gasteiger partial charge < -0.3 is 14.8 Å². The Morgan fingerprint density at radius 2 is 1.86 bits per heavy atom. The second-order valence-corrected chi connectivity index (χ2v) is 5.19. The van der Waals surface area contributed by atoms with Crippen molar-refractivity contribution in [3.8, 4) is 5.75 Å². The predicted octanol–water partition coefficient (Wildman–Crippen LogP) is 3.88. The highest BCUT2D eigenvalue weighted by Gasteiger charge is 2.08. The van der Waals surface area contributed by atoms with Crippen LogP contribution in [0.5, 0.6) is 5.75 Å². The Bertz CT molecular complexity index is 569. The highest BCUT2D eigenvalue weighted by molar-refractivity contribution is 5.47. The van der Waals surface area contributed by atoms with E-state index in [4.69, 9.17) is 9.47 Å². The molecule has 0 heterocycles. The molecular weight excluding hydrogens is 262 g/mol. The minimum Gasteiger partial charge on any atom is -0.496 e. The summed E-state index contributed by atoms with van der Waals surface area (Å²) in [5, 5.41) is 3.53. The highest BCUT2D eigenvalue weighted by atomic mass is 16.5. The van der Waals surface area contributed by atoms with E-state index in [2.05, 4.69) is 36.5 Å². The van der Waals surface area contributed by atoms with E-state index in [1.54, 1.807) is 14.2 Å². The van der Waals surface area contributed by atoms with Crippen molar-refractivity contribution in [2.75, 3.05) is 19.5 Å². The molecule has 0 aliphatic carbocycles. The molecular formula is C18H23NO2. The van der Waals surface area contributed by atoms with Gasteiger partial charge in [0.1, 0.15) is 5.75 Å². The summed E-state index contributed by atoms with van der Waals surface area (Å²) in [6, 6.07) is 16.8. The summed E-state index contributed by atoms with van der Waals surface area (Å²) in [5.41, 5.74) is 3.51. The van der Waals surface area contributed by atoms with Crippen molar-refractivity contribution >= 4 is 5.69 Å². The smallest absolute Gasteiger partial charge is 0.122 e. The van der Waals surface area contributed by atoms with Gasteiger partial charge in [0.05, 0.1) is 13.7 Å². The lowest BCUT2D eigenvalue weighted by molar-refractivity contribution is 0.185. The number of para-hydroxylation sites is 1. The van der Waals surface area contributed by atoms with Gasteiger partial charge in [0.25, 0.3) is 0 Å². The Balaban J connectivity index is 2.01. The molecule has 1 unspecified atom stereocenters. The van der Waals surface area contributed by atoms with Gasteiger partial charge in [-0.3, -0.25) is 0 Å². The van der Waals surface area contributed by atoms with E-state index < -0.39 is 0 Å². The monoisotopic (exact) mass is 285 g/mol. The third kappa shape index (κ3) is 4.50. The van der Waals surface area contributed by atoms with E-state index in [9.17, 15) is 0 Å². The molecule has 0 spiro atoms. The average Bonchev–Trinajstić information content (AvgIpc) is 2.48. The third-order valence-corrected chi connectivity index (χ3v) is 3.37. The number of rotatable bonds is 7. The Hall–Kier alpha value is -2.00. The fraction of sp³-hybridized carbons (Fsp3) is 0.333. The van der Waals surface area contributed by atoms with E-state index >= 15 is 0 Å². The van der Waals surface area contributed by atoms with E-state index in [1.165, 1.54) is 11.1 Å². The Morgan fingerprint density at radius 1 is 1.05 bits per heavy atom. The molecule has 0 aliphatic heterocycles. The molecule has 1 atom stereocenters. The van der Waals surface area contributed by atoms with Crippen molar-refractivity contribution in [1.29, 1.82) is 0 Å². The molecule has 112 valence electrons. The fourth-order valence-corrected chi connectivity index (χ4v) is 2.45. The number of methoxy groups -OCH3 is 2. The van der Waals surface area contributed by atoms with Crippen molar-refractivity contribution in [2.24, 2.45) is 0 Å². The van der Waals surface area contributed by atoms with E-state index in [1.807, 2.05) is 24.3 Å². The molecule has 2 aromatic carbocycles. The van der Waals surface area contributed by atoms with Crippen molar-refractivity contribution in [2.45, 2.75) is 26.0 Å². The van der Waals surface area contributed by atoms with Gasteiger partial charge in [0.15, 0.2) is 0 Å². The largest absolute Gasteiger partial charge is 0.496 e. The number of hydrogen-bond donors (Lipinski definition) is 1. The van der Waals surface area contributed by atoms with Gasteiger partial charge in [-0.1, -0.05) is 30.3 Å². The summed E-state index contributed by atoms with van der Waals surface area (Å²) in [6.45, 7) is 2.81. The van der Waals surface area contributed by atoms with Gasteiger partial charge in [-0.15, -0.1) is 0 Å². The maximum atomic E-state index is 5.40. The van der Waals surface area contributed by atoms with Crippen molar-refractivity contribution in [3.05, 3.63) is 59.7 Å². The lowest BCUT2D eigenvalue weighted by Gasteiger charge is -2.17.